The van der Waals surface area contributed by atoms with Gasteiger partial charge in [-0.05, 0) is 31.2 Å². The van der Waals surface area contributed by atoms with Crippen LogP contribution < -0.4 is 19.5 Å². The molecular weight excluding hydrogens is 422 g/mol. The molecule has 0 aliphatic carbocycles. The number of hydrogen-bond donors (Lipinski definition) is 1. The third kappa shape index (κ3) is 5.48. The maximum atomic E-state index is 12.3. The lowest BCUT2D eigenvalue weighted by atomic mass is 10.1. The number of carbonyl (C=O) groups excluding carboxylic acids is 1. The lowest BCUT2D eigenvalue weighted by molar-refractivity contribution is -0.118. The summed E-state index contributed by atoms with van der Waals surface area (Å²) in [5.74, 6) is 2.31. The molecule has 8 heteroatoms. The molecule has 33 heavy (non-hydrogen) atoms. The van der Waals surface area contributed by atoms with E-state index in [1.165, 1.54) is 0 Å². The van der Waals surface area contributed by atoms with E-state index in [2.05, 4.69) is 15.5 Å². The molecule has 168 valence electrons. The highest BCUT2D eigenvalue weighted by Gasteiger charge is 2.11. The molecular formula is C25H23N3O5. The normalized spacial score (nSPS) is 10.5. The quantitative estimate of drug-likeness (QED) is 0.418. The number of ether oxygens (including phenoxy) is 3. The first kappa shape index (κ1) is 21.9. The van der Waals surface area contributed by atoms with Gasteiger partial charge in [-0.2, -0.15) is 4.98 Å². The highest BCUT2D eigenvalue weighted by molar-refractivity contribution is 5.92. The van der Waals surface area contributed by atoms with Crippen LogP contribution >= 0.6 is 0 Å². The fourth-order valence-electron chi connectivity index (χ4n) is 3.08. The minimum Gasteiger partial charge on any atom is -0.497 e. The lowest BCUT2D eigenvalue weighted by Gasteiger charge is -2.10. The van der Waals surface area contributed by atoms with E-state index in [0.717, 1.165) is 16.7 Å². The highest BCUT2D eigenvalue weighted by atomic mass is 16.5. The van der Waals surface area contributed by atoms with Gasteiger partial charge in [-0.25, -0.2) is 0 Å². The van der Waals surface area contributed by atoms with Gasteiger partial charge in [-0.3, -0.25) is 4.79 Å². The van der Waals surface area contributed by atoms with Gasteiger partial charge in [0.15, 0.2) is 6.61 Å². The van der Waals surface area contributed by atoms with Gasteiger partial charge in [0.25, 0.3) is 11.8 Å². The molecule has 1 aromatic heterocycles. The van der Waals surface area contributed by atoms with Crippen LogP contribution in [0.3, 0.4) is 0 Å². The Morgan fingerprint density at radius 1 is 0.879 bits per heavy atom. The average molecular weight is 445 g/mol. The summed E-state index contributed by atoms with van der Waals surface area (Å²) in [4.78, 5) is 16.7. The van der Waals surface area contributed by atoms with Crippen LogP contribution in [0.5, 0.6) is 17.2 Å². The number of amides is 1. The van der Waals surface area contributed by atoms with Gasteiger partial charge in [0.1, 0.15) is 17.2 Å². The third-order valence-corrected chi connectivity index (χ3v) is 4.84. The third-order valence-electron chi connectivity index (χ3n) is 4.84. The predicted molar refractivity (Wildman–Crippen MR) is 124 cm³/mol. The molecule has 4 rings (SSSR count). The van der Waals surface area contributed by atoms with E-state index in [1.807, 2.05) is 31.2 Å². The molecule has 0 fully saturated rings. The molecule has 0 saturated carbocycles. The number of anilines is 1. The van der Waals surface area contributed by atoms with Crippen LogP contribution in [0.4, 0.5) is 5.69 Å². The van der Waals surface area contributed by atoms with Crippen molar-refractivity contribution < 1.29 is 23.5 Å². The number of carbonyl (C=O) groups is 1. The molecule has 0 aliphatic heterocycles. The number of hydrogen-bond acceptors (Lipinski definition) is 7. The Morgan fingerprint density at radius 2 is 1.52 bits per heavy atom. The van der Waals surface area contributed by atoms with E-state index < -0.39 is 0 Å². The molecule has 0 unspecified atom stereocenters. The Kier molecular flexibility index (Phi) is 6.54. The van der Waals surface area contributed by atoms with Crippen molar-refractivity contribution in [1.82, 2.24) is 10.1 Å². The average Bonchev–Trinajstić information content (AvgIpc) is 3.33. The molecule has 8 nitrogen and oxygen atoms in total. The molecule has 0 spiro atoms. The van der Waals surface area contributed by atoms with E-state index >= 15 is 0 Å². The minimum absolute atomic E-state index is 0.156. The summed E-state index contributed by atoms with van der Waals surface area (Å²) in [7, 11) is 3.09. The van der Waals surface area contributed by atoms with Gasteiger partial charge in [0.05, 0.1) is 14.2 Å². The maximum Gasteiger partial charge on any atom is 0.262 e. The second-order valence-corrected chi connectivity index (χ2v) is 7.25. The number of nitrogens with one attached hydrogen (secondary N) is 1. The summed E-state index contributed by atoms with van der Waals surface area (Å²) >= 11 is 0. The Morgan fingerprint density at radius 3 is 2.15 bits per heavy atom. The van der Waals surface area contributed by atoms with Crippen molar-refractivity contribution in [3.05, 3.63) is 72.3 Å². The highest BCUT2D eigenvalue weighted by Crippen LogP contribution is 2.26. The summed E-state index contributed by atoms with van der Waals surface area (Å²) in [5, 5.41) is 6.81. The van der Waals surface area contributed by atoms with Crippen molar-refractivity contribution in [2.45, 2.75) is 6.92 Å². The fourth-order valence-corrected chi connectivity index (χ4v) is 3.08. The van der Waals surface area contributed by atoms with E-state index in [9.17, 15) is 4.79 Å². The second-order valence-electron chi connectivity index (χ2n) is 7.25. The van der Waals surface area contributed by atoms with Crippen LogP contribution in [0.1, 0.15) is 5.56 Å². The molecule has 0 aliphatic rings. The molecule has 4 aromatic rings. The van der Waals surface area contributed by atoms with E-state index in [4.69, 9.17) is 18.7 Å². The van der Waals surface area contributed by atoms with Crippen molar-refractivity contribution in [2.24, 2.45) is 0 Å². The summed E-state index contributed by atoms with van der Waals surface area (Å²) in [6, 6.07) is 20.1. The first-order chi connectivity index (χ1) is 16.0. The van der Waals surface area contributed by atoms with Crippen LogP contribution in [-0.4, -0.2) is 36.9 Å². The van der Waals surface area contributed by atoms with Crippen LogP contribution in [0.2, 0.25) is 0 Å². The molecule has 1 N–H and O–H groups in total. The zero-order chi connectivity index (χ0) is 23.2. The number of methoxy groups -OCH3 is 2. The predicted octanol–water partition coefficient (Wildman–Crippen LogP) is 4.75. The monoisotopic (exact) mass is 445 g/mol. The van der Waals surface area contributed by atoms with Crippen LogP contribution in [-0.2, 0) is 4.79 Å². The summed E-state index contributed by atoms with van der Waals surface area (Å²) in [6.07, 6.45) is 0. The SMILES string of the molecule is COc1cc(NC(=O)COc2ccc(-c3nc(-c4ccc(C)cc4)no3)cc2)cc(OC)c1. The number of nitrogens with zero attached hydrogens (tertiary/aromatic N) is 2. The molecule has 0 bridgehead atoms. The number of rotatable bonds is 8. The smallest absolute Gasteiger partial charge is 0.262 e. The Hall–Kier alpha value is -4.33. The van der Waals surface area contributed by atoms with E-state index in [-0.39, 0.29) is 12.5 Å². The Bertz CT molecular complexity index is 1210. The van der Waals surface area contributed by atoms with Gasteiger partial charge >= 0.3 is 0 Å². The number of benzene rings is 3. The molecule has 0 atom stereocenters. The molecule has 1 amide bonds. The van der Waals surface area contributed by atoms with Crippen molar-refractivity contribution >= 4 is 11.6 Å². The second kappa shape index (κ2) is 9.86. The van der Waals surface area contributed by atoms with Crippen molar-refractivity contribution in [2.75, 3.05) is 26.1 Å². The first-order valence-electron chi connectivity index (χ1n) is 10.2. The number of aromatic nitrogens is 2. The summed E-state index contributed by atoms with van der Waals surface area (Å²) < 4.78 is 21.4. The van der Waals surface area contributed by atoms with Gasteiger partial charge in [0, 0.05) is 35.0 Å². The zero-order valence-corrected chi connectivity index (χ0v) is 18.5. The molecule has 0 saturated heterocycles. The van der Waals surface area contributed by atoms with Crippen LogP contribution in [0, 0.1) is 6.92 Å². The number of aryl methyl sites for hydroxylation is 1. The molecule has 3 aromatic carbocycles. The summed E-state index contributed by atoms with van der Waals surface area (Å²) in [5.41, 5.74) is 3.35. The van der Waals surface area contributed by atoms with Crippen LogP contribution in [0.25, 0.3) is 22.8 Å². The minimum atomic E-state index is -0.311. The summed E-state index contributed by atoms with van der Waals surface area (Å²) in [6.45, 7) is 1.87. The van der Waals surface area contributed by atoms with Gasteiger partial charge in [-0.15, -0.1) is 0 Å². The van der Waals surface area contributed by atoms with Crippen molar-refractivity contribution in [3.8, 4) is 40.1 Å². The van der Waals surface area contributed by atoms with Crippen molar-refractivity contribution in [1.29, 1.82) is 0 Å². The van der Waals surface area contributed by atoms with Gasteiger partial charge in [0.2, 0.25) is 5.82 Å². The topological polar surface area (TPSA) is 95.7 Å². The molecule has 1 heterocycles. The van der Waals surface area contributed by atoms with Crippen molar-refractivity contribution in [3.63, 3.8) is 0 Å². The van der Waals surface area contributed by atoms with Gasteiger partial charge < -0.3 is 24.1 Å². The first-order valence-corrected chi connectivity index (χ1v) is 10.2. The standard InChI is InChI=1S/C25H23N3O5/c1-16-4-6-17(7-5-16)24-27-25(33-28-24)18-8-10-20(11-9-18)32-15-23(29)26-19-12-21(30-2)14-22(13-19)31-3/h4-14H,15H2,1-3H3,(H,26,29). The van der Waals surface area contributed by atoms with E-state index in [0.29, 0.717) is 34.7 Å². The van der Waals surface area contributed by atoms with Gasteiger partial charge in [-0.1, -0.05) is 35.0 Å². The maximum absolute atomic E-state index is 12.3. The Labute approximate surface area is 191 Å². The van der Waals surface area contributed by atoms with E-state index in [1.54, 1.807) is 56.7 Å². The fraction of sp³-hybridized carbons (Fsp3) is 0.160. The lowest BCUT2D eigenvalue weighted by Crippen LogP contribution is -2.20. The zero-order valence-electron chi connectivity index (χ0n) is 18.5. The Balaban J connectivity index is 1.35. The van der Waals surface area contributed by atoms with Crippen LogP contribution in [0.15, 0.2) is 71.3 Å². The molecule has 0 radical (unpaired) electrons. The largest absolute Gasteiger partial charge is 0.497 e.